The van der Waals surface area contributed by atoms with E-state index < -0.39 is 0 Å². The van der Waals surface area contributed by atoms with Gasteiger partial charge in [0, 0.05) is 31.7 Å². The average Bonchev–Trinajstić information content (AvgIpc) is 2.57. The van der Waals surface area contributed by atoms with Crippen molar-refractivity contribution in [1.29, 1.82) is 0 Å². The molecule has 6 heteroatoms. The minimum absolute atomic E-state index is 0. The summed E-state index contributed by atoms with van der Waals surface area (Å²) in [7, 11) is 0. The quantitative estimate of drug-likeness (QED) is 0.774. The molecule has 130 valence electrons. The van der Waals surface area contributed by atoms with Crippen LogP contribution in [0.15, 0.2) is 18.2 Å². The molecular formula is C17H27ClN2O3. The van der Waals surface area contributed by atoms with E-state index in [1.807, 2.05) is 24.0 Å². The van der Waals surface area contributed by atoms with Crippen molar-refractivity contribution in [1.82, 2.24) is 10.2 Å². The second kappa shape index (κ2) is 10.3. The average molecular weight is 343 g/mol. The fourth-order valence-corrected chi connectivity index (χ4v) is 2.41. The van der Waals surface area contributed by atoms with Gasteiger partial charge < -0.3 is 19.7 Å². The highest BCUT2D eigenvalue weighted by atomic mass is 35.5. The molecule has 1 saturated heterocycles. The lowest BCUT2D eigenvalue weighted by atomic mass is 10.1. The molecule has 0 aliphatic carbocycles. The fraction of sp³-hybridized carbons (Fsp3) is 0.588. The number of amides is 1. The summed E-state index contributed by atoms with van der Waals surface area (Å²) < 4.78 is 11.4. The number of benzene rings is 1. The Morgan fingerprint density at radius 1 is 1.17 bits per heavy atom. The maximum Gasteiger partial charge on any atom is 0.254 e. The van der Waals surface area contributed by atoms with Crippen LogP contribution in [-0.2, 0) is 0 Å². The first-order chi connectivity index (χ1) is 10.8. The molecule has 1 heterocycles. The summed E-state index contributed by atoms with van der Waals surface area (Å²) in [6.07, 6.45) is 2.09. The third-order valence-corrected chi connectivity index (χ3v) is 3.65. The minimum atomic E-state index is 0. The molecule has 1 aromatic carbocycles. The van der Waals surface area contributed by atoms with Gasteiger partial charge in [0.25, 0.3) is 5.91 Å². The molecule has 5 nitrogen and oxygen atoms in total. The minimum Gasteiger partial charge on any atom is -0.490 e. The Balaban J connectivity index is 0.00000264. The summed E-state index contributed by atoms with van der Waals surface area (Å²) in [5, 5.41) is 3.25. The van der Waals surface area contributed by atoms with Gasteiger partial charge in [0.05, 0.1) is 13.2 Å². The van der Waals surface area contributed by atoms with Crippen molar-refractivity contribution in [3.63, 3.8) is 0 Å². The number of ether oxygens (including phenoxy) is 2. The van der Waals surface area contributed by atoms with Crippen molar-refractivity contribution in [2.24, 2.45) is 0 Å². The molecule has 1 aliphatic heterocycles. The fourth-order valence-electron chi connectivity index (χ4n) is 2.41. The van der Waals surface area contributed by atoms with Crippen LogP contribution < -0.4 is 14.8 Å². The molecular weight excluding hydrogens is 316 g/mol. The van der Waals surface area contributed by atoms with E-state index in [0.717, 1.165) is 39.0 Å². The van der Waals surface area contributed by atoms with E-state index in [1.165, 1.54) is 0 Å². The second-order valence-electron chi connectivity index (χ2n) is 5.34. The highest BCUT2D eigenvalue weighted by Gasteiger charge is 2.19. The van der Waals surface area contributed by atoms with Crippen LogP contribution >= 0.6 is 12.4 Å². The van der Waals surface area contributed by atoms with Gasteiger partial charge in [-0.05, 0) is 31.5 Å². The van der Waals surface area contributed by atoms with E-state index in [9.17, 15) is 4.79 Å². The van der Waals surface area contributed by atoms with Gasteiger partial charge in [0.15, 0.2) is 11.5 Å². The third-order valence-electron chi connectivity index (χ3n) is 3.65. The number of nitrogens with zero attached hydrogens (tertiary/aromatic N) is 1. The molecule has 0 spiro atoms. The molecule has 0 saturated carbocycles. The standard InChI is InChI=1S/C17H26N2O3.ClH/c1-3-5-12-22-15-7-6-14(13-16(15)21-4-2)17(20)19-10-8-18-9-11-19;/h6-7,13,18H,3-5,8-12H2,1-2H3;1H. The maximum absolute atomic E-state index is 12.5. The summed E-state index contributed by atoms with van der Waals surface area (Å²) in [5.74, 6) is 1.43. The van der Waals surface area contributed by atoms with Crippen LogP contribution in [0.4, 0.5) is 0 Å². The molecule has 0 atom stereocenters. The lowest BCUT2D eigenvalue weighted by Crippen LogP contribution is -2.46. The molecule has 1 fully saturated rings. The van der Waals surface area contributed by atoms with Gasteiger partial charge in [-0.15, -0.1) is 12.4 Å². The van der Waals surface area contributed by atoms with Crippen molar-refractivity contribution in [2.45, 2.75) is 26.7 Å². The van der Waals surface area contributed by atoms with Crippen LogP contribution in [-0.4, -0.2) is 50.2 Å². The number of halogens is 1. The van der Waals surface area contributed by atoms with Crippen LogP contribution in [0.2, 0.25) is 0 Å². The maximum atomic E-state index is 12.5. The molecule has 0 bridgehead atoms. The predicted octanol–water partition coefficient (Wildman–Crippen LogP) is 2.73. The smallest absolute Gasteiger partial charge is 0.254 e. The molecule has 2 rings (SSSR count). The topological polar surface area (TPSA) is 50.8 Å². The summed E-state index contributed by atoms with van der Waals surface area (Å²) in [4.78, 5) is 14.4. The zero-order chi connectivity index (χ0) is 15.8. The number of hydrogen-bond acceptors (Lipinski definition) is 4. The summed E-state index contributed by atoms with van der Waals surface area (Å²) >= 11 is 0. The number of carbonyl (C=O) groups excluding carboxylic acids is 1. The Morgan fingerprint density at radius 3 is 2.57 bits per heavy atom. The first kappa shape index (κ1) is 19.6. The molecule has 1 aromatic rings. The summed E-state index contributed by atoms with van der Waals surface area (Å²) in [5.41, 5.74) is 0.660. The Hall–Kier alpha value is -1.46. The van der Waals surface area contributed by atoms with E-state index in [4.69, 9.17) is 9.47 Å². The number of unbranched alkanes of at least 4 members (excludes halogenated alkanes) is 1. The summed E-state index contributed by atoms with van der Waals surface area (Å²) in [6, 6.07) is 5.47. The van der Waals surface area contributed by atoms with Gasteiger partial charge in [0.2, 0.25) is 0 Å². The Labute approximate surface area is 144 Å². The lowest BCUT2D eigenvalue weighted by molar-refractivity contribution is 0.0735. The predicted molar refractivity (Wildman–Crippen MR) is 94.0 cm³/mol. The van der Waals surface area contributed by atoms with Gasteiger partial charge in [-0.25, -0.2) is 0 Å². The Kier molecular flexibility index (Phi) is 8.81. The Bertz CT molecular complexity index is 491. The van der Waals surface area contributed by atoms with Crippen molar-refractivity contribution in [2.75, 3.05) is 39.4 Å². The van der Waals surface area contributed by atoms with E-state index in [0.29, 0.717) is 30.3 Å². The monoisotopic (exact) mass is 342 g/mol. The van der Waals surface area contributed by atoms with Crippen molar-refractivity contribution < 1.29 is 14.3 Å². The second-order valence-corrected chi connectivity index (χ2v) is 5.34. The Morgan fingerprint density at radius 2 is 1.91 bits per heavy atom. The van der Waals surface area contributed by atoms with E-state index in [2.05, 4.69) is 12.2 Å². The van der Waals surface area contributed by atoms with Crippen molar-refractivity contribution in [3.05, 3.63) is 23.8 Å². The summed E-state index contributed by atoms with van der Waals surface area (Å²) in [6.45, 7) is 8.47. The first-order valence-electron chi connectivity index (χ1n) is 8.16. The molecule has 0 unspecified atom stereocenters. The highest BCUT2D eigenvalue weighted by molar-refractivity contribution is 5.95. The number of nitrogens with one attached hydrogen (secondary N) is 1. The number of piperazine rings is 1. The zero-order valence-corrected chi connectivity index (χ0v) is 14.8. The van der Waals surface area contributed by atoms with Crippen molar-refractivity contribution in [3.8, 4) is 11.5 Å². The van der Waals surface area contributed by atoms with Crippen LogP contribution in [0, 0.1) is 0 Å². The molecule has 23 heavy (non-hydrogen) atoms. The molecule has 0 radical (unpaired) electrons. The largest absolute Gasteiger partial charge is 0.490 e. The van der Waals surface area contributed by atoms with Gasteiger partial charge >= 0.3 is 0 Å². The number of carbonyl (C=O) groups is 1. The first-order valence-corrected chi connectivity index (χ1v) is 8.16. The van der Waals surface area contributed by atoms with Crippen molar-refractivity contribution >= 4 is 18.3 Å². The van der Waals surface area contributed by atoms with Crippen LogP contribution in [0.3, 0.4) is 0 Å². The number of rotatable bonds is 7. The van der Waals surface area contributed by atoms with Crippen LogP contribution in [0.25, 0.3) is 0 Å². The normalized spacial score (nSPS) is 14.1. The van der Waals surface area contributed by atoms with Gasteiger partial charge in [-0.1, -0.05) is 13.3 Å². The zero-order valence-electron chi connectivity index (χ0n) is 14.0. The van der Waals surface area contributed by atoms with E-state index >= 15 is 0 Å². The lowest BCUT2D eigenvalue weighted by Gasteiger charge is -2.27. The molecule has 1 amide bonds. The molecule has 1 aliphatic rings. The SMILES string of the molecule is CCCCOc1ccc(C(=O)N2CCNCC2)cc1OCC.Cl. The van der Waals surface area contributed by atoms with E-state index in [1.54, 1.807) is 6.07 Å². The van der Waals surface area contributed by atoms with Gasteiger partial charge in [0.1, 0.15) is 0 Å². The van der Waals surface area contributed by atoms with Gasteiger partial charge in [-0.3, -0.25) is 4.79 Å². The molecule has 1 N–H and O–H groups in total. The van der Waals surface area contributed by atoms with Crippen LogP contribution in [0.1, 0.15) is 37.0 Å². The number of hydrogen-bond donors (Lipinski definition) is 1. The molecule has 0 aromatic heterocycles. The van der Waals surface area contributed by atoms with E-state index in [-0.39, 0.29) is 18.3 Å². The van der Waals surface area contributed by atoms with Gasteiger partial charge in [-0.2, -0.15) is 0 Å². The third kappa shape index (κ3) is 5.59. The highest BCUT2D eigenvalue weighted by Crippen LogP contribution is 2.29. The van der Waals surface area contributed by atoms with Crippen LogP contribution in [0.5, 0.6) is 11.5 Å².